The lowest BCUT2D eigenvalue weighted by Crippen LogP contribution is -2.31. The Morgan fingerprint density at radius 3 is 2.44 bits per heavy atom. The van der Waals surface area contributed by atoms with E-state index in [4.69, 9.17) is 11.6 Å². The molecule has 0 atom stereocenters. The van der Waals surface area contributed by atoms with Crippen LogP contribution in [0.5, 0.6) is 0 Å². The maximum absolute atomic E-state index is 5.85. The van der Waals surface area contributed by atoms with Crippen molar-refractivity contribution in [3.05, 3.63) is 23.4 Å². The number of nitrogens with zero attached hydrogens (tertiary/aromatic N) is 2. The molecule has 88 valence electrons. The molecule has 0 aromatic carbocycles. The minimum atomic E-state index is 0.649. The van der Waals surface area contributed by atoms with Crippen LogP contribution < -0.4 is 4.90 Å². The standard InChI is InChI=1S/C13H19ClN2/c1-16(12-6-4-2-3-5-7-12)13-9-8-11(14)10-15-13/h8-10,12H,2-7H2,1H3. The van der Waals surface area contributed by atoms with E-state index in [1.165, 1.54) is 38.5 Å². The summed E-state index contributed by atoms with van der Waals surface area (Å²) in [5, 5.41) is 0.706. The molecule has 16 heavy (non-hydrogen) atoms. The predicted molar refractivity (Wildman–Crippen MR) is 69.1 cm³/mol. The average Bonchev–Trinajstić information content (AvgIpc) is 2.57. The van der Waals surface area contributed by atoms with Crippen molar-refractivity contribution >= 4 is 17.4 Å². The third-order valence-electron chi connectivity index (χ3n) is 3.45. The summed E-state index contributed by atoms with van der Waals surface area (Å²) < 4.78 is 0. The Morgan fingerprint density at radius 2 is 1.88 bits per heavy atom. The average molecular weight is 239 g/mol. The summed E-state index contributed by atoms with van der Waals surface area (Å²) in [5.41, 5.74) is 0. The normalized spacial score (nSPS) is 18.1. The highest BCUT2D eigenvalue weighted by Crippen LogP contribution is 2.24. The number of rotatable bonds is 2. The van der Waals surface area contributed by atoms with Crippen LogP contribution in [0.4, 0.5) is 5.82 Å². The zero-order valence-corrected chi connectivity index (χ0v) is 10.6. The van der Waals surface area contributed by atoms with Crippen LogP contribution in [0, 0.1) is 0 Å². The molecule has 2 nitrogen and oxygen atoms in total. The predicted octanol–water partition coefficient (Wildman–Crippen LogP) is 3.89. The van der Waals surface area contributed by atoms with Gasteiger partial charge in [0.2, 0.25) is 0 Å². The molecule has 1 fully saturated rings. The number of pyridine rings is 1. The van der Waals surface area contributed by atoms with Crippen LogP contribution in [0.15, 0.2) is 18.3 Å². The van der Waals surface area contributed by atoms with Gasteiger partial charge in [0.25, 0.3) is 0 Å². The van der Waals surface area contributed by atoms with Gasteiger partial charge in [-0.3, -0.25) is 0 Å². The van der Waals surface area contributed by atoms with Crippen LogP contribution >= 0.6 is 11.6 Å². The Hall–Kier alpha value is -0.760. The van der Waals surface area contributed by atoms with Gasteiger partial charge in [-0.15, -0.1) is 0 Å². The summed E-state index contributed by atoms with van der Waals surface area (Å²) in [4.78, 5) is 6.69. The fourth-order valence-corrected chi connectivity index (χ4v) is 2.52. The third-order valence-corrected chi connectivity index (χ3v) is 3.67. The summed E-state index contributed by atoms with van der Waals surface area (Å²) in [6.07, 6.45) is 9.79. The molecule has 1 aliphatic carbocycles. The number of aromatic nitrogens is 1. The topological polar surface area (TPSA) is 16.1 Å². The Kier molecular flexibility index (Phi) is 4.05. The van der Waals surface area contributed by atoms with Gasteiger partial charge < -0.3 is 4.90 Å². The van der Waals surface area contributed by atoms with Crippen LogP contribution in [0.2, 0.25) is 5.02 Å². The first-order valence-corrected chi connectivity index (χ1v) is 6.49. The van der Waals surface area contributed by atoms with E-state index in [1.807, 2.05) is 12.1 Å². The summed E-state index contributed by atoms with van der Waals surface area (Å²) in [6, 6.07) is 4.57. The van der Waals surface area contributed by atoms with Crippen molar-refractivity contribution in [1.29, 1.82) is 0 Å². The first kappa shape index (κ1) is 11.7. The molecule has 0 amide bonds. The first-order chi connectivity index (χ1) is 7.77. The summed E-state index contributed by atoms with van der Waals surface area (Å²) >= 11 is 5.85. The van der Waals surface area contributed by atoms with E-state index < -0.39 is 0 Å². The second-order valence-corrected chi connectivity index (χ2v) is 5.03. The van der Waals surface area contributed by atoms with Crippen molar-refractivity contribution in [3.63, 3.8) is 0 Å². The van der Waals surface area contributed by atoms with Crippen molar-refractivity contribution in [2.24, 2.45) is 0 Å². The van der Waals surface area contributed by atoms with Crippen LogP contribution in [0.3, 0.4) is 0 Å². The SMILES string of the molecule is CN(c1ccc(Cl)cn1)C1CCCCCC1. The summed E-state index contributed by atoms with van der Waals surface area (Å²) in [6.45, 7) is 0. The highest BCUT2D eigenvalue weighted by atomic mass is 35.5. The van der Waals surface area contributed by atoms with Gasteiger partial charge in [-0.25, -0.2) is 4.98 Å². The lowest BCUT2D eigenvalue weighted by molar-refractivity contribution is 0.549. The van der Waals surface area contributed by atoms with Crippen molar-refractivity contribution in [2.75, 3.05) is 11.9 Å². The second-order valence-electron chi connectivity index (χ2n) is 4.59. The minimum Gasteiger partial charge on any atom is -0.357 e. The molecular formula is C13H19ClN2. The second kappa shape index (κ2) is 5.53. The Balaban J connectivity index is 2.04. The third kappa shape index (κ3) is 2.88. The molecule has 1 aromatic rings. The number of halogens is 1. The van der Waals surface area contributed by atoms with Crippen LogP contribution in [0.1, 0.15) is 38.5 Å². The van der Waals surface area contributed by atoms with Gasteiger partial charge in [0.15, 0.2) is 0 Å². The van der Waals surface area contributed by atoms with Gasteiger partial charge in [0, 0.05) is 19.3 Å². The van der Waals surface area contributed by atoms with Crippen molar-refractivity contribution in [2.45, 2.75) is 44.6 Å². The molecule has 1 saturated carbocycles. The number of anilines is 1. The van der Waals surface area contributed by atoms with E-state index >= 15 is 0 Å². The molecule has 0 saturated heterocycles. The summed E-state index contributed by atoms with van der Waals surface area (Å²) in [7, 11) is 2.15. The van der Waals surface area contributed by atoms with E-state index in [9.17, 15) is 0 Å². The van der Waals surface area contributed by atoms with Gasteiger partial charge in [-0.1, -0.05) is 37.3 Å². The van der Waals surface area contributed by atoms with Crippen molar-refractivity contribution < 1.29 is 0 Å². The lowest BCUT2D eigenvalue weighted by atomic mass is 10.1. The van der Waals surface area contributed by atoms with E-state index in [2.05, 4.69) is 16.9 Å². The van der Waals surface area contributed by atoms with E-state index in [0.717, 1.165) is 5.82 Å². The van der Waals surface area contributed by atoms with Gasteiger partial charge >= 0.3 is 0 Å². The molecule has 1 aliphatic rings. The quantitative estimate of drug-likeness (QED) is 0.727. The van der Waals surface area contributed by atoms with Gasteiger partial charge in [0.05, 0.1) is 5.02 Å². The van der Waals surface area contributed by atoms with Crippen molar-refractivity contribution in [1.82, 2.24) is 4.98 Å². The molecule has 0 unspecified atom stereocenters. The minimum absolute atomic E-state index is 0.649. The zero-order valence-electron chi connectivity index (χ0n) is 9.82. The van der Waals surface area contributed by atoms with E-state index in [1.54, 1.807) is 6.20 Å². The number of hydrogen-bond acceptors (Lipinski definition) is 2. The monoisotopic (exact) mass is 238 g/mol. The lowest BCUT2D eigenvalue weighted by Gasteiger charge is -2.28. The van der Waals surface area contributed by atoms with Gasteiger partial charge in [-0.2, -0.15) is 0 Å². The zero-order chi connectivity index (χ0) is 11.4. The first-order valence-electron chi connectivity index (χ1n) is 6.12. The van der Waals surface area contributed by atoms with Crippen LogP contribution in [-0.2, 0) is 0 Å². The highest BCUT2D eigenvalue weighted by Gasteiger charge is 2.17. The maximum atomic E-state index is 5.85. The maximum Gasteiger partial charge on any atom is 0.128 e. The molecule has 2 rings (SSSR count). The smallest absolute Gasteiger partial charge is 0.128 e. The molecule has 0 N–H and O–H groups in total. The van der Waals surface area contributed by atoms with E-state index in [-0.39, 0.29) is 0 Å². The molecule has 3 heteroatoms. The molecule has 0 bridgehead atoms. The van der Waals surface area contributed by atoms with Gasteiger partial charge in [0.1, 0.15) is 5.82 Å². The fourth-order valence-electron chi connectivity index (χ4n) is 2.41. The molecule has 0 radical (unpaired) electrons. The fraction of sp³-hybridized carbons (Fsp3) is 0.615. The molecular weight excluding hydrogens is 220 g/mol. The Labute approximate surface area is 103 Å². The molecule has 0 aliphatic heterocycles. The highest BCUT2D eigenvalue weighted by molar-refractivity contribution is 6.30. The Morgan fingerprint density at radius 1 is 1.19 bits per heavy atom. The molecule has 1 aromatic heterocycles. The van der Waals surface area contributed by atoms with Crippen molar-refractivity contribution in [3.8, 4) is 0 Å². The largest absolute Gasteiger partial charge is 0.357 e. The molecule has 1 heterocycles. The Bertz CT molecular complexity index is 315. The van der Waals surface area contributed by atoms with E-state index in [0.29, 0.717) is 11.1 Å². The van der Waals surface area contributed by atoms with Crippen LogP contribution in [-0.4, -0.2) is 18.1 Å². The summed E-state index contributed by atoms with van der Waals surface area (Å²) in [5.74, 6) is 1.04. The molecule has 0 spiro atoms. The van der Waals surface area contributed by atoms with Gasteiger partial charge in [-0.05, 0) is 25.0 Å². The number of hydrogen-bond donors (Lipinski definition) is 0. The van der Waals surface area contributed by atoms with Crippen LogP contribution in [0.25, 0.3) is 0 Å².